The summed E-state index contributed by atoms with van der Waals surface area (Å²) in [6.07, 6.45) is 1.20. The van der Waals surface area contributed by atoms with Crippen molar-refractivity contribution >= 4 is 34.3 Å². The summed E-state index contributed by atoms with van der Waals surface area (Å²) in [4.78, 5) is 15.2. The van der Waals surface area contributed by atoms with Gasteiger partial charge in [0.05, 0.1) is 0 Å². The number of thioether (sulfide) groups is 1. The van der Waals surface area contributed by atoms with Crippen molar-refractivity contribution in [2.75, 3.05) is 23.8 Å². The third-order valence-electron chi connectivity index (χ3n) is 3.46. The first-order chi connectivity index (χ1) is 9.22. The first-order valence-corrected chi connectivity index (χ1v) is 7.62. The van der Waals surface area contributed by atoms with Gasteiger partial charge in [-0.2, -0.15) is 11.8 Å². The minimum atomic E-state index is -0.0355. The Morgan fingerprint density at radius 1 is 1.47 bits per heavy atom. The van der Waals surface area contributed by atoms with Crippen LogP contribution < -0.4 is 11.1 Å². The highest BCUT2D eigenvalue weighted by Gasteiger charge is 2.17. The number of nitrogens with one attached hydrogen (secondary N) is 2. The highest BCUT2D eigenvalue weighted by atomic mass is 32.2. The Bertz CT molecular complexity index is 602. The summed E-state index contributed by atoms with van der Waals surface area (Å²) in [7, 11) is 0. The molecule has 1 saturated heterocycles. The molecule has 1 amide bonds. The van der Waals surface area contributed by atoms with Gasteiger partial charge in [-0.25, -0.2) is 0 Å². The average Bonchev–Trinajstić information content (AvgIpc) is 3.04. The maximum Gasteiger partial charge on any atom is 0.267 e. The largest absolute Gasteiger partial charge is 0.399 e. The molecule has 5 heteroatoms. The van der Waals surface area contributed by atoms with Crippen LogP contribution >= 0.6 is 11.8 Å². The van der Waals surface area contributed by atoms with Gasteiger partial charge in [0.1, 0.15) is 5.69 Å². The number of carbonyl (C=O) groups is 1. The minimum Gasteiger partial charge on any atom is -0.399 e. The van der Waals surface area contributed by atoms with E-state index in [1.165, 1.54) is 12.2 Å². The Kier molecular flexibility index (Phi) is 3.38. The smallest absolute Gasteiger partial charge is 0.267 e. The summed E-state index contributed by atoms with van der Waals surface area (Å²) >= 11 is 1.96. The molecule has 19 heavy (non-hydrogen) atoms. The molecule has 0 bridgehead atoms. The second kappa shape index (κ2) is 5.17. The van der Waals surface area contributed by atoms with E-state index in [1.807, 2.05) is 36.0 Å². The van der Waals surface area contributed by atoms with E-state index >= 15 is 0 Å². The molecular weight excluding hydrogens is 258 g/mol. The van der Waals surface area contributed by atoms with Gasteiger partial charge < -0.3 is 16.0 Å². The lowest BCUT2D eigenvalue weighted by Gasteiger charge is -2.08. The van der Waals surface area contributed by atoms with Gasteiger partial charge in [0.25, 0.3) is 5.91 Å². The van der Waals surface area contributed by atoms with Gasteiger partial charge in [0.15, 0.2) is 0 Å². The molecule has 1 aliphatic heterocycles. The fourth-order valence-corrected chi connectivity index (χ4v) is 3.63. The number of anilines is 1. The molecule has 1 aromatic carbocycles. The molecule has 0 radical (unpaired) electrons. The van der Waals surface area contributed by atoms with Crippen LogP contribution in [0.15, 0.2) is 24.3 Å². The van der Waals surface area contributed by atoms with Crippen LogP contribution in [0.1, 0.15) is 16.9 Å². The third kappa shape index (κ3) is 2.71. The molecule has 1 unspecified atom stereocenters. The van der Waals surface area contributed by atoms with E-state index in [4.69, 9.17) is 5.73 Å². The van der Waals surface area contributed by atoms with Gasteiger partial charge in [0.2, 0.25) is 0 Å². The molecule has 0 saturated carbocycles. The maximum absolute atomic E-state index is 12.1. The maximum atomic E-state index is 12.1. The van der Waals surface area contributed by atoms with E-state index in [0.29, 0.717) is 17.3 Å². The molecule has 2 aromatic rings. The van der Waals surface area contributed by atoms with Crippen molar-refractivity contribution in [3.63, 3.8) is 0 Å². The van der Waals surface area contributed by atoms with Crippen molar-refractivity contribution in [3.8, 4) is 0 Å². The Balaban J connectivity index is 1.70. The Morgan fingerprint density at radius 2 is 2.37 bits per heavy atom. The van der Waals surface area contributed by atoms with Crippen LogP contribution in [0.25, 0.3) is 10.9 Å². The van der Waals surface area contributed by atoms with Gasteiger partial charge in [0, 0.05) is 23.1 Å². The lowest BCUT2D eigenvalue weighted by Crippen LogP contribution is -2.29. The molecule has 4 nitrogen and oxygen atoms in total. The number of hydrogen-bond acceptors (Lipinski definition) is 3. The number of fused-ring (bicyclic) bond motifs is 1. The molecule has 2 heterocycles. The number of rotatable bonds is 3. The van der Waals surface area contributed by atoms with Crippen molar-refractivity contribution in [1.29, 1.82) is 0 Å². The van der Waals surface area contributed by atoms with Crippen LogP contribution in [0.2, 0.25) is 0 Å². The van der Waals surface area contributed by atoms with Crippen LogP contribution in [-0.2, 0) is 0 Å². The van der Waals surface area contributed by atoms with Crippen LogP contribution in [-0.4, -0.2) is 28.9 Å². The molecule has 1 aliphatic rings. The molecule has 1 aromatic heterocycles. The fourth-order valence-electron chi connectivity index (χ4n) is 2.35. The lowest BCUT2D eigenvalue weighted by molar-refractivity contribution is 0.0944. The standard InChI is InChI=1S/C14H17N3OS/c15-11-1-2-12-10(5-11)6-13(17-12)14(18)16-7-9-3-4-19-8-9/h1-2,5-6,9,17H,3-4,7-8,15H2,(H,16,18). The summed E-state index contributed by atoms with van der Waals surface area (Å²) in [6, 6.07) is 7.45. The fraction of sp³-hybridized carbons (Fsp3) is 0.357. The Morgan fingerprint density at radius 3 is 3.16 bits per heavy atom. The summed E-state index contributed by atoms with van der Waals surface area (Å²) in [6.45, 7) is 0.767. The normalized spacial score (nSPS) is 18.8. The summed E-state index contributed by atoms with van der Waals surface area (Å²) in [5.74, 6) is 2.95. The zero-order chi connectivity index (χ0) is 13.2. The second-order valence-corrected chi connectivity index (χ2v) is 6.12. The van der Waals surface area contributed by atoms with E-state index in [9.17, 15) is 4.79 Å². The van der Waals surface area contributed by atoms with Gasteiger partial charge in [-0.05, 0) is 48.1 Å². The zero-order valence-electron chi connectivity index (χ0n) is 10.6. The van der Waals surface area contributed by atoms with E-state index in [1.54, 1.807) is 0 Å². The summed E-state index contributed by atoms with van der Waals surface area (Å²) in [5.41, 5.74) is 7.99. The predicted octanol–water partition coefficient (Wildman–Crippen LogP) is 2.23. The quantitative estimate of drug-likeness (QED) is 0.752. The Hall–Kier alpha value is -1.62. The minimum absolute atomic E-state index is 0.0355. The highest BCUT2D eigenvalue weighted by molar-refractivity contribution is 7.99. The van der Waals surface area contributed by atoms with Crippen molar-refractivity contribution in [3.05, 3.63) is 30.0 Å². The van der Waals surface area contributed by atoms with Gasteiger partial charge >= 0.3 is 0 Å². The number of H-pyrrole nitrogens is 1. The van der Waals surface area contributed by atoms with Crippen LogP contribution in [0.4, 0.5) is 5.69 Å². The number of amides is 1. The van der Waals surface area contributed by atoms with Crippen LogP contribution in [0, 0.1) is 5.92 Å². The molecule has 1 fully saturated rings. The van der Waals surface area contributed by atoms with E-state index in [0.717, 1.165) is 23.2 Å². The predicted molar refractivity (Wildman–Crippen MR) is 80.5 cm³/mol. The van der Waals surface area contributed by atoms with E-state index in [-0.39, 0.29) is 5.91 Å². The van der Waals surface area contributed by atoms with Gasteiger partial charge in [-0.3, -0.25) is 4.79 Å². The molecule has 0 spiro atoms. The third-order valence-corrected chi connectivity index (χ3v) is 4.70. The number of carbonyl (C=O) groups excluding carboxylic acids is 1. The number of benzene rings is 1. The summed E-state index contributed by atoms with van der Waals surface area (Å²) < 4.78 is 0. The van der Waals surface area contributed by atoms with Gasteiger partial charge in [-0.15, -0.1) is 0 Å². The first-order valence-electron chi connectivity index (χ1n) is 6.46. The number of nitrogens with two attached hydrogens (primary N) is 1. The van der Waals surface area contributed by atoms with Crippen LogP contribution in [0.5, 0.6) is 0 Å². The molecule has 0 aliphatic carbocycles. The first kappa shape index (κ1) is 12.4. The highest BCUT2D eigenvalue weighted by Crippen LogP contribution is 2.23. The molecule has 3 rings (SSSR count). The topological polar surface area (TPSA) is 70.9 Å². The van der Waals surface area contributed by atoms with E-state index in [2.05, 4.69) is 10.3 Å². The van der Waals surface area contributed by atoms with Crippen molar-refractivity contribution in [1.82, 2.24) is 10.3 Å². The molecule has 100 valence electrons. The monoisotopic (exact) mass is 275 g/mol. The number of nitrogen functional groups attached to an aromatic ring is 1. The van der Waals surface area contributed by atoms with Gasteiger partial charge in [-0.1, -0.05) is 0 Å². The molecule has 1 atom stereocenters. The van der Waals surface area contributed by atoms with Crippen molar-refractivity contribution < 1.29 is 4.79 Å². The molecule has 4 N–H and O–H groups in total. The number of aromatic amines is 1. The SMILES string of the molecule is Nc1ccc2[nH]c(C(=O)NCC3CCSC3)cc2c1. The second-order valence-electron chi connectivity index (χ2n) is 4.97. The van der Waals surface area contributed by atoms with Crippen molar-refractivity contribution in [2.24, 2.45) is 5.92 Å². The van der Waals surface area contributed by atoms with E-state index < -0.39 is 0 Å². The lowest BCUT2D eigenvalue weighted by atomic mass is 10.1. The number of aromatic nitrogens is 1. The van der Waals surface area contributed by atoms with Crippen LogP contribution in [0.3, 0.4) is 0 Å². The van der Waals surface area contributed by atoms with Crippen molar-refractivity contribution in [2.45, 2.75) is 6.42 Å². The number of hydrogen-bond donors (Lipinski definition) is 3. The zero-order valence-corrected chi connectivity index (χ0v) is 11.4. The average molecular weight is 275 g/mol. The Labute approximate surface area is 116 Å². The summed E-state index contributed by atoms with van der Waals surface area (Å²) in [5, 5.41) is 3.98. The molecular formula is C14H17N3OS.